The summed E-state index contributed by atoms with van der Waals surface area (Å²) in [5.41, 5.74) is 0. The average molecular weight is 302 g/mol. The summed E-state index contributed by atoms with van der Waals surface area (Å²) >= 11 is 0. The molecule has 1 aliphatic carbocycles. The van der Waals surface area contributed by atoms with Crippen LogP contribution in [0.5, 0.6) is 0 Å². The highest BCUT2D eigenvalue weighted by Crippen LogP contribution is 2.27. The maximum atomic E-state index is 12.3. The lowest BCUT2D eigenvalue weighted by atomic mass is 9.83. The van der Waals surface area contributed by atoms with Gasteiger partial charge in [0.05, 0.1) is 5.75 Å². The third kappa shape index (κ3) is 5.01. The number of hydrogen-bond acceptors (Lipinski definition) is 3. The molecule has 5 heteroatoms. The van der Waals surface area contributed by atoms with E-state index < -0.39 is 10.0 Å². The van der Waals surface area contributed by atoms with Gasteiger partial charge in [0.2, 0.25) is 10.0 Å². The first-order chi connectivity index (χ1) is 9.61. The number of hydrogen-bond donors (Lipinski definition) is 2. The second kappa shape index (κ2) is 7.76. The first-order valence-electron chi connectivity index (χ1n) is 8.34. The normalized spacial score (nSPS) is 32.1. The van der Waals surface area contributed by atoms with Crippen molar-refractivity contribution in [3.8, 4) is 0 Å². The summed E-state index contributed by atoms with van der Waals surface area (Å²) in [5.74, 6) is 0.809. The van der Waals surface area contributed by atoms with Crippen molar-refractivity contribution in [1.82, 2.24) is 10.0 Å². The minimum absolute atomic E-state index is 0.179. The van der Waals surface area contributed by atoms with Crippen LogP contribution in [-0.2, 0) is 10.0 Å². The quantitative estimate of drug-likeness (QED) is 0.792. The Bertz CT molecular complexity index is 377. The van der Waals surface area contributed by atoms with E-state index in [0.717, 1.165) is 38.6 Å². The highest BCUT2D eigenvalue weighted by molar-refractivity contribution is 7.89. The van der Waals surface area contributed by atoms with E-state index in [-0.39, 0.29) is 11.8 Å². The van der Waals surface area contributed by atoms with E-state index in [1.807, 2.05) is 0 Å². The Morgan fingerprint density at radius 3 is 2.55 bits per heavy atom. The monoisotopic (exact) mass is 302 g/mol. The van der Waals surface area contributed by atoms with Crippen molar-refractivity contribution >= 4 is 10.0 Å². The van der Waals surface area contributed by atoms with Gasteiger partial charge in [0.1, 0.15) is 0 Å². The maximum absolute atomic E-state index is 12.3. The summed E-state index contributed by atoms with van der Waals surface area (Å²) in [6.45, 7) is 3.21. The molecule has 0 aromatic heterocycles. The van der Waals surface area contributed by atoms with E-state index in [1.165, 1.54) is 25.7 Å². The number of rotatable bonds is 6. The topological polar surface area (TPSA) is 58.2 Å². The van der Waals surface area contributed by atoms with Gasteiger partial charge < -0.3 is 5.32 Å². The Morgan fingerprint density at radius 1 is 1.10 bits per heavy atom. The molecule has 118 valence electrons. The number of nitrogens with one attached hydrogen (secondary N) is 2. The van der Waals surface area contributed by atoms with Crippen LogP contribution in [0.15, 0.2) is 0 Å². The lowest BCUT2D eigenvalue weighted by Crippen LogP contribution is -2.44. The number of piperidine rings is 1. The van der Waals surface area contributed by atoms with Gasteiger partial charge in [-0.15, -0.1) is 0 Å². The van der Waals surface area contributed by atoms with Gasteiger partial charge in [-0.1, -0.05) is 32.6 Å². The average Bonchev–Trinajstić information content (AvgIpc) is 2.47. The van der Waals surface area contributed by atoms with Gasteiger partial charge in [-0.3, -0.25) is 0 Å². The largest absolute Gasteiger partial charge is 0.314 e. The molecule has 3 unspecified atom stereocenters. The van der Waals surface area contributed by atoms with Gasteiger partial charge in [0.15, 0.2) is 0 Å². The van der Waals surface area contributed by atoms with Crippen molar-refractivity contribution in [2.75, 3.05) is 12.3 Å². The van der Waals surface area contributed by atoms with E-state index >= 15 is 0 Å². The van der Waals surface area contributed by atoms with Gasteiger partial charge >= 0.3 is 0 Å². The van der Waals surface area contributed by atoms with Crippen LogP contribution < -0.4 is 10.0 Å². The molecular weight excluding hydrogens is 272 g/mol. The number of sulfonamides is 1. The zero-order chi connectivity index (χ0) is 14.4. The van der Waals surface area contributed by atoms with Crippen molar-refractivity contribution in [1.29, 1.82) is 0 Å². The van der Waals surface area contributed by atoms with Crippen LogP contribution in [0.4, 0.5) is 0 Å². The van der Waals surface area contributed by atoms with Crippen molar-refractivity contribution in [2.24, 2.45) is 5.92 Å². The van der Waals surface area contributed by atoms with Crippen LogP contribution in [0.2, 0.25) is 0 Å². The van der Waals surface area contributed by atoms with Gasteiger partial charge in [0.25, 0.3) is 0 Å². The van der Waals surface area contributed by atoms with Gasteiger partial charge in [0, 0.05) is 12.1 Å². The summed E-state index contributed by atoms with van der Waals surface area (Å²) in [5, 5.41) is 3.42. The van der Waals surface area contributed by atoms with E-state index in [2.05, 4.69) is 17.0 Å². The highest BCUT2D eigenvalue weighted by atomic mass is 32.2. The van der Waals surface area contributed by atoms with E-state index in [0.29, 0.717) is 12.0 Å². The van der Waals surface area contributed by atoms with E-state index in [1.54, 1.807) is 0 Å². The highest BCUT2D eigenvalue weighted by Gasteiger charge is 2.28. The fourth-order valence-electron chi connectivity index (χ4n) is 3.61. The molecule has 0 amide bonds. The van der Waals surface area contributed by atoms with Crippen molar-refractivity contribution in [2.45, 2.75) is 76.8 Å². The van der Waals surface area contributed by atoms with Crippen LogP contribution in [0.3, 0.4) is 0 Å². The molecule has 2 N–H and O–H groups in total. The molecule has 2 fully saturated rings. The molecule has 1 heterocycles. The van der Waals surface area contributed by atoms with Crippen LogP contribution in [0.1, 0.15) is 64.7 Å². The van der Waals surface area contributed by atoms with Crippen molar-refractivity contribution in [3.05, 3.63) is 0 Å². The second-order valence-corrected chi connectivity index (χ2v) is 8.30. The molecular formula is C15H30N2O2S. The Kier molecular flexibility index (Phi) is 6.30. The van der Waals surface area contributed by atoms with Crippen LogP contribution in [0.25, 0.3) is 0 Å². The molecule has 20 heavy (non-hydrogen) atoms. The standard InChI is InChI=1S/C15H30N2O2S/c1-2-13-7-3-4-9-15(13)17-20(18,19)12-10-14-8-5-6-11-16-14/h13-17H,2-12H2,1H3. The third-order valence-corrected chi connectivity index (χ3v) is 6.35. The molecule has 4 nitrogen and oxygen atoms in total. The second-order valence-electron chi connectivity index (χ2n) is 6.43. The third-order valence-electron chi connectivity index (χ3n) is 4.91. The van der Waals surface area contributed by atoms with E-state index in [4.69, 9.17) is 0 Å². The first kappa shape index (κ1) is 16.2. The fraction of sp³-hybridized carbons (Fsp3) is 1.00. The molecule has 1 saturated heterocycles. The SMILES string of the molecule is CCC1CCCCC1NS(=O)(=O)CCC1CCCCN1. The molecule has 0 aromatic carbocycles. The predicted molar refractivity (Wildman–Crippen MR) is 83.2 cm³/mol. The van der Waals surface area contributed by atoms with Crippen LogP contribution in [0, 0.1) is 5.92 Å². The maximum Gasteiger partial charge on any atom is 0.211 e. The molecule has 1 aliphatic heterocycles. The summed E-state index contributed by atoms with van der Waals surface area (Å²) < 4.78 is 27.5. The predicted octanol–water partition coefficient (Wildman–Crippen LogP) is 2.41. The lowest BCUT2D eigenvalue weighted by Gasteiger charge is -2.31. The van der Waals surface area contributed by atoms with Gasteiger partial charge in [-0.25, -0.2) is 13.1 Å². The molecule has 0 radical (unpaired) electrons. The van der Waals surface area contributed by atoms with Gasteiger partial charge in [-0.05, 0) is 44.6 Å². The Hall–Kier alpha value is -0.130. The summed E-state index contributed by atoms with van der Waals surface area (Å²) in [4.78, 5) is 0. The summed E-state index contributed by atoms with van der Waals surface area (Å²) in [6, 6.07) is 0.576. The molecule has 1 saturated carbocycles. The molecule has 0 spiro atoms. The van der Waals surface area contributed by atoms with Crippen LogP contribution in [-0.4, -0.2) is 32.8 Å². The lowest BCUT2D eigenvalue weighted by molar-refractivity contribution is 0.282. The zero-order valence-electron chi connectivity index (χ0n) is 12.7. The smallest absolute Gasteiger partial charge is 0.211 e. The summed E-state index contributed by atoms with van der Waals surface area (Å²) in [6.07, 6.45) is 10.0. The molecule has 3 atom stereocenters. The molecule has 2 aliphatic rings. The Balaban J connectivity index is 1.80. The minimum atomic E-state index is -3.11. The Labute approximate surface area is 124 Å². The minimum Gasteiger partial charge on any atom is -0.314 e. The Morgan fingerprint density at radius 2 is 1.85 bits per heavy atom. The van der Waals surface area contributed by atoms with Gasteiger partial charge in [-0.2, -0.15) is 0 Å². The van der Waals surface area contributed by atoms with Crippen molar-refractivity contribution < 1.29 is 8.42 Å². The summed E-state index contributed by atoms with van der Waals surface area (Å²) in [7, 11) is -3.11. The van der Waals surface area contributed by atoms with E-state index in [9.17, 15) is 8.42 Å². The zero-order valence-corrected chi connectivity index (χ0v) is 13.6. The fourth-order valence-corrected chi connectivity index (χ4v) is 5.09. The molecule has 0 bridgehead atoms. The molecule has 2 rings (SSSR count). The van der Waals surface area contributed by atoms with Crippen LogP contribution >= 0.6 is 0 Å². The van der Waals surface area contributed by atoms with Crippen molar-refractivity contribution in [3.63, 3.8) is 0 Å². The molecule has 0 aromatic rings. The first-order valence-corrected chi connectivity index (χ1v) is 9.99.